The van der Waals surface area contributed by atoms with Gasteiger partial charge in [0.05, 0.1) is 18.1 Å². The van der Waals surface area contributed by atoms with Crippen molar-refractivity contribution in [3.8, 4) is 5.75 Å². The smallest absolute Gasteiger partial charge is 0.312 e. The molecule has 0 unspecified atom stereocenters. The number of halogens is 2. The molecule has 164 valence electrons. The van der Waals surface area contributed by atoms with Gasteiger partial charge < -0.3 is 19.7 Å². The Morgan fingerprint density at radius 3 is 2.53 bits per heavy atom. The lowest BCUT2D eigenvalue weighted by molar-refractivity contribution is -0.162. The summed E-state index contributed by atoms with van der Waals surface area (Å²) >= 11 is 6.12. The molecule has 2 heterocycles. The van der Waals surface area contributed by atoms with Crippen molar-refractivity contribution >= 4 is 17.6 Å². The van der Waals surface area contributed by atoms with Crippen LogP contribution in [0.25, 0.3) is 0 Å². The molecule has 0 radical (unpaired) electrons. The first-order valence-corrected chi connectivity index (χ1v) is 10.4. The Balaban J connectivity index is 1.87. The van der Waals surface area contributed by atoms with E-state index in [-0.39, 0.29) is 16.5 Å². The molecule has 0 saturated heterocycles. The van der Waals surface area contributed by atoms with Crippen molar-refractivity contribution in [2.45, 2.75) is 23.2 Å². The maximum Gasteiger partial charge on any atom is 0.312 e. The van der Waals surface area contributed by atoms with Crippen LogP contribution in [0.15, 0.2) is 66.9 Å². The highest BCUT2D eigenvalue weighted by Crippen LogP contribution is 2.68. The Hall–Kier alpha value is -3.00. The van der Waals surface area contributed by atoms with Crippen LogP contribution in [0.1, 0.15) is 22.7 Å². The fourth-order valence-electron chi connectivity index (χ4n) is 5.23. The molecule has 0 amide bonds. The largest absolute Gasteiger partial charge is 0.476 e. The van der Waals surface area contributed by atoms with Crippen LogP contribution in [-0.2, 0) is 20.7 Å². The molecule has 2 aromatic carbocycles. The number of nitrogens with zero attached hydrogens (tertiary/aromatic N) is 1. The first-order chi connectivity index (χ1) is 15.3. The van der Waals surface area contributed by atoms with Crippen LogP contribution < -0.4 is 4.74 Å². The molecule has 1 aliphatic carbocycles. The first-order valence-electron chi connectivity index (χ1n) is 9.99. The molecule has 2 aliphatic rings. The van der Waals surface area contributed by atoms with Crippen LogP contribution in [0.5, 0.6) is 5.75 Å². The van der Waals surface area contributed by atoms with E-state index in [0.717, 1.165) is 0 Å². The van der Waals surface area contributed by atoms with Gasteiger partial charge in [-0.2, -0.15) is 0 Å². The molecule has 1 fully saturated rings. The molecule has 5 rings (SSSR count). The minimum Gasteiger partial charge on any atom is -0.476 e. The zero-order valence-electron chi connectivity index (χ0n) is 16.9. The summed E-state index contributed by atoms with van der Waals surface area (Å²) in [4.78, 5) is 17.2. The Kier molecular flexibility index (Phi) is 4.74. The fraction of sp³-hybridized carbons (Fsp3) is 0.250. The van der Waals surface area contributed by atoms with Crippen molar-refractivity contribution in [1.82, 2.24) is 4.98 Å². The van der Waals surface area contributed by atoms with Gasteiger partial charge >= 0.3 is 5.97 Å². The van der Waals surface area contributed by atoms with Gasteiger partial charge in [-0.3, -0.25) is 9.78 Å². The van der Waals surface area contributed by atoms with Crippen molar-refractivity contribution < 1.29 is 28.9 Å². The van der Waals surface area contributed by atoms with Crippen LogP contribution in [0.4, 0.5) is 4.39 Å². The van der Waals surface area contributed by atoms with Gasteiger partial charge in [-0.15, -0.1) is 0 Å². The van der Waals surface area contributed by atoms with Gasteiger partial charge in [-0.05, 0) is 23.3 Å². The van der Waals surface area contributed by atoms with Crippen molar-refractivity contribution in [2.75, 3.05) is 7.11 Å². The van der Waals surface area contributed by atoms with Gasteiger partial charge in [-0.1, -0.05) is 54.1 Å². The summed E-state index contributed by atoms with van der Waals surface area (Å²) in [6, 6.07) is 15.8. The molecule has 2 N–H and O–H groups in total. The van der Waals surface area contributed by atoms with E-state index < -0.39 is 40.9 Å². The average molecular weight is 456 g/mol. The molecule has 5 atom stereocenters. The molecule has 0 spiro atoms. The zero-order chi connectivity index (χ0) is 22.7. The number of rotatable bonds is 3. The number of fused-ring (bicyclic) bond motifs is 3. The number of hydrogen-bond acceptors (Lipinski definition) is 6. The number of aliphatic hydroxyl groups excluding tert-OH is 1. The van der Waals surface area contributed by atoms with Gasteiger partial charge in [0, 0.05) is 18.2 Å². The molecule has 0 bridgehead atoms. The number of aromatic nitrogens is 1. The molecule has 6 nitrogen and oxygen atoms in total. The topological polar surface area (TPSA) is 88.9 Å². The van der Waals surface area contributed by atoms with E-state index in [1.54, 1.807) is 24.3 Å². The van der Waals surface area contributed by atoms with Gasteiger partial charge in [0.1, 0.15) is 23.4 Å². The molecule has 8 heteroatoms. The quantitative estimate of drug-likeness (QED) is 0.589. The van der Waals surface area contributed by atoms with Crippen LogP contribution in [0.2, 0.25) is 5.02 Å². The minimum atomic E-state index is -2.15. The number of methoxy groups -OCH3 is 1. The summed E-state index contributed by atoms with van der Waals surface area (Å²) in [5.41, 5.74) is -2.81. The lowest BCUT2D eigenvalue weighted by Gasteiger charge is -2.40. The molecular formula is C24H19ClFNO5. The summed E-state index contributed by atoms with van der Waals surface area (Å²) in [5.74, 6) is -3.11. The predicted octanol–water partition coefficient (Wildman–Crippen LogP) is 3.30. The second-order valence-electron chi connectivity index (χ2n) is 7.99. The molecular weight excluding hydrogens is 437 g/mol. The van der Waals surface area contributed by atoms with Crippen molar-refractivity contribution in [1.29, 1.82) is 0 Å². The molecule has 1 aromatic heterocycles. The van der Waals surface area contributed by atoms with E-state index >= 15 is 0 Å². The van der Waals surface area contributed by atoms with E-state index in [9.17, 15) is 19.4 Å². The van der Waals surface area contributed by atoms with Crippen LogP contribution in [0, 0.1) is 11.7 Å². The Morgan fingerprint density at radius 1 is 1.19 bits per heavy atom. The van der Waals surface area contributed by atoms with Crippen LogP contribution in [0.3, 0.4) is 0 Å². The number of hydrogen-bond donors (Lipinski definition) is 2. The maximum absolute atomic E-state index is 13.8. The predicted molar refractivity (Wildman–Crippen MR) is 113 cm³/mol. The number of ether oxygens (including phenoxy) is 2. The summed E-state index contributed by atoms with van der Waals surface area (Å²) in [6.45, 7) is 0. The van der Waals surface area contributed by atoms with E-state index in [4.69, 9.17) is 21.1 Å². The number of carbonyl (C=O) groups is 1. The van der Waals surface area contributed by atoms with Gasteiger partial charge in [0.2, 0.25) is 0 Å². The Morgan fingerprint density at radius 2 is 1.88 bits per heavy atom. The Bertz CT molecular complexity index is 1190. The van der Waals surface area contributed by atoms with E-state index in [1.807, 2.05) is 6.07 Å². The monoisotopic (exact) mass is 455 g/mol. The minimum absolute atomic E-state index is 0.0473. The summed E-state index contributed by atoms with van der Waals surface area (Å²) in [7, 11) is 1.21. The highest BCUT2D eigenvalue weighted by molar-refractivity contribution is 6.30. The lowest BCUT2D eigenvalue weighted by Crippen LogP contribution is -2.52. The number of carbonyl (C=O) groups excluding carboxylic acids is 1. The standard InChI is InChI=1S/C24H19ClFNO5/c1-31-22(29)18-19(13-5-3-2-4-6-13)24(14-7-9-16(26)10-8-14)23(30,21(18)28)20-17(32-24)11-15(25)12-27-20/h2-12,18-19,21,28,30H,1H3/t18-,19-,21-,23+,24+/m1/s1. The highest BCUT2D eigenvalue weighted by atomic mass is 35.5. The lowest BCUT2D eigenvalue weighted by atomic mass is 9.71. The third-order valence-electron chi connectivity index (χ3n) is 6.49. The van der Waals surface area contributed by atoms with Crippen molar-refractivity contribution in [2.24, 2.45) is 5.92 Å². The zero-order valence-corrected chi connectivity index (χ0v) is 17.7. The van der Waals surface area contributed by atoms with Crippen molar-refractivity contribution in [3.63, 3.8) is 0 Å². The van der Waals surface area contributed by atoms with Gasteiger partial charge in [0.15, 0.2) is 11.2 Å². The summed E-state index contributed by atoms with van der Waals surface area (Å²) in [5, 5.41) is 23.9. The normalized spacial score (nSPS) is 30.3. The van der Waals surface area contributed by atoms with Gasteiger partial charge in [0.25, 0.3) is 0 Å². The summed E-state index contributed by atoms with van der Waals surface area (Å²) in [6.07, 6.45) is -0.307. The molecule has 1 saturated carbocycles. The van der Waals surface area contributed by atoms with Crippen molar-refractivity contribution in [3.05, 3.63) is 94.5 Å². The molecule has 3 aromatic rings. The Labute approximate surface area is 188 Å². The molecule has 1 aliphatic heterocycles. The maximum atomic E-state index is 13.8. The molecule has 32 heavy (non-hydrogen) atoms. The second kappa shape index (κ2) is 7.27. The van der Waals surface area contributed by atoms with E-state index in [1.165, 1.54) is 43.6 Å². The third-order valence-corrected chi connectivity index (χ3v) is 6.69. The SMILES string of the molecule is COC(=O)[C@H]1[C@@H](O)[C@@]2(O)c3ncc(Cl)cc3O[C@@]2(c2ccc(F)cc2)[C@@H]1c1ccccc1. The van der Waals surface area contributed by atoms with Crippen LogP contribution in [-0.4, -0.2) is 34.4 Å². The number of aliphatic hydroxyl groups is 2. The number of pyridine rings is 1. The summed E-state index contributed by atoms with van der Waals surface area (Å²) < 4.78 is 25.2. The van der Waals surface area contributed by atoms with E-state index in [2.05, 4.69) is 4.98 Å². The third kappa shape index (κ3) is 2.59. The number of benzene rings is 2. The fourth-order valence-corrected chi connectivity index (χ4v) is 5.37. The first kappa shape index (κ1) is 20.9. The number of esters is 1. The van der Waals surface area contributed by atoms with Crippen LogP contribution >= 0.6 is 11.6 Å². The van der Waals surface area contributed by atoms with Gasteiger partial charge in [-0.25, -0.2) is 4.39 Å². The van der Waals surface area contributed by atoms with E-state index in [0.29, 0.717) is 11.1 Å². The second-order valence-corrected chi connectivity index (χ2v) is 8.43. The average Bonchev–Trinajstić information content (AvgIpc) is 3.17. The highest BCUT2D eigenvalue weighted by Gasteiger charge is 2.78.